The second-order valence-corrected chi connectivity index (χ2v) is 3.17. The first-order valence-electron chi connectivity index (χ1n) is 4.56. The number of hydrogen-bond acceptors (Lipinski definition) is 4. The highest BCUT2D eigenvalue weighted by atomic mass is 16.5. The van der Waals surface area contributed by atoms with Crippen LogP contribution in [0.3, 0.4) is 0 Å². The molecule has 1 aromatic heterocycles. The smallest absolute Gasteiger partial charge is 0.248 e. The minimum Gasteiger partial charge on any atom is -0.418 e. The molecule has 0 fully saturated rings. The molecule has 0 aliphatic carbocycles. The zero-order chi connectivity index (χ0) is 10.7. The molecule has 15 heavy (non-hydrogen) atoms. The summed E-state index contributed by atoms with van der Waals surface area (Å²) < 4.78 is 10.1. The van der Waals surface area contributed by atoms with Gasteiger partial charge in [0, 0.05) is 12.7 Å². The van der Waals surface area contributed by atoms with E-state index in [9.17, 15) is 0 Å². The van der Waals surface area contributed by atoms with Gasteiger partial charge in [-0.05, 0) is 19.1 Å². The van der Waals surface area contributed by atoms with Crippen LogP contribution >= 0.6 is 0 Å². The Hall–Kier alpha value is -1.68. The van der Waals surface area contributed by atoms with Gasteiger partial charge in [0.2, 0.25) is 11.8 Å². The summed E-state index contributed by atoms with van der Waals surface area (Å²) in [6, 6.07) is 7.89. The van der Waals surface area contributed by atoms with Gasteiger partial charge in [0.05, 0.1) is 0 Å². The fourth-order valence-electron chi connectivity index (χ4n) is 1.20. The van der Waals surface area contributed by atoms with Gasteiger partial charge in [-0.25, -0.2) is 0 Å². The highest BCUT2D eigenvalue weighted by Gasteiger charge is 2.07. The van der Waals surface area contributed by atoms with Crippen molar-refractivity contribution in [1.82, 2.24) is 10.2 Å². The first-order valence-corrected chi connectivity index (χ1v) is 4.56. The van der Waals surface area contributed by atoms with Crippen molar-refractivity contribution in [2.24, 2.45) is 0 Å². The van der Waals surface area contributed by atoms with Gasteiger partial charge in [-0.15, -0.1) is 10.2 Å². The fraction of sp³-hybridized carbons (Fsp3) is 0.182. The van der Waals surface area contributed by atoms with Crippen molar-refractivity contribution >= 4 is 0 Å². The summed E-state index contributed by atoms with van der Waals surface area (Å²) in [4.78, 5) is 0. The van der Waals surface area contributed by atoms with Gasteiger partial charge in [0.15, 0.2) is 6.61 Å². The van der Waals surface area contributed by atoms with Crippen LogP contribution in [0.2, 0.25) is 0 Å². The van der Waals surface area contributed by atoms with E-state index in [1.807, 2.05) is 31.2 Å². The second-order valence-electron chi connectivity index (χ2n) is 3.17. The topological polar surface area (TPSA) is 48.2 Å². The fourth-order valence-corrected chi connectivity index (χ4v) is 1.20. The number of aryl methyl sites for hydroxylation is 1. The third-order valence-corrected chi connectivity index (χ3v) is 1.96. The molecule has 0 aliphatic rings. The van der Waals surface area contributed by atoms with Crippen molar-refractivity contribution in [3.63, 3.8) is 0 Å². The lowest BCUT2D eigenvalue weighted by molar-refractivity contribution is 0.269. The highest BCUT2D eigenvalue weighted by Crippen LogP contribution is 2.18. The molecule has 0 spiro atoms. The largest absolute Gasteiger partial charge is 0.418 e. The van der Waals surface area contributed by atoms with Crippen LogP contribution in [-0.4, -0.2) is 17.3 Å². The van der Waals surface area contributed by atoms with Crippen molar-refractivity contribution in [3.8, 4) is 11.5 Å². The monoisotopic (exact) mass is 203 g/mol. The summed E-state index contributed by atoms with van der Waals surface area (Å²) in [6.07, 6.45) is 0. The van der Waals surface area contributed by atoms with Crippen LogP contribution < -0.4 is 0 Å². The molecule has 0 N–H and O–H groups in total. The van der Waals surface area contributed by atoms with Gasteiger partial charge in [0.25, 0.3) is 0 Å². The van der Waals surface area contributed by atoms with E-state index < -0.39 is 0 Å². The number of rotatable bonds is 3. The van der Waals surface area contributed by atoms with Gasteiger partial charge in [-0.1, -0.05) is 17.7 Å². The molecule has 1 aromatic carbocycles. The molecule has 0 bridgehead atoms. The molecule has 2 rings (SSSR count). The maximum atomic E-state index is 5.35. The molecule has 77 valence electrons. The van der Waals surface area contributed by atoms with E-state index in [-0.39, 0.29) is 0 Å². The first kappa shape index (κ1) is 9.86. The first-order chi connectivity index (χ1) is 7.29. The Bertz CT molecular complexity index is 434. The maximum Gasteiger partial charge on any atom is 0.248 e. The Labute approximate surface area is 87.9 Å². The third-order valence-electron chi connectivity index (χ3n) is 1.96. The summed E-state index contributed by atoms with van der Waals surface area (Å²) in [5, 5.41) is 7.71. The van der Waals surface area contributed by atoms with E-state index in [0.717, 1.165) is 5.56 Å². The standard InChI is InChI=1S/C11H11N2O2/c1-8-3-5-9(6-4-8)11-13-12-10(15-11)7-14-2/h3-7H,1-2H3. The number of nitrogens with zero attached hydrogens (tertiary/aromatic N) is 2. The van der Waals surface area contributed by atoms with Crippen LogP contribution in [0.4, 0.5) is 0 Å². The summed E-state index contributed by atoms with van der Waals surface area (Å²) in [6.45, 7) is 3.44. The normalized spacial score (nSPS) is 10.5. The van der Waals surface area contributed by atoms with E-state index >= 15 is 0 Å². The zero-order valence-electron chi connectivity index (χ0n) is 8.60. The number of ether oxygens (including phenoxy) is 1. The summed E-state index contributed by atoms with van der Waals surface area (Å²) >= 11 is 0. The molecule has 1 radical (unpaired) electrons. The van der Waals surface area contributed by atoms with Crippen LogP contribution in [0.25, 0.3) is 11.5 Å². The lowest BCUT2D eigenvalue weighted by Crippen LogP contribution is -1.82. The van der Waals surface area contributed by atoms with E-state index in [1.54, 1.807) is 0 Å². The predicted molar refractivity (Wildman–Crippen MR) is 54.9 cm³/mol. The van der Waals surface area contributed by atoms with Crippen molar-refractivity contribution < 1.29 is 9.15 Å². The second kappa shape index (κ2) is 4.23. The van der Waals surface area contributed by atoms with Gasteiger partial charge in [0.1, 0.15) is 0 Å². The molecule has 2 aromatic rings. The molecule has 0 saturated heterocycles. The predicted octanol–water partition coefficient (Wildman–Crippen LogP) is 2.20. The quantitative estimate of drug-likeness (QED) is 0.767. The van der Waals surface area contributed by atoms with Crippen LogP contribution in [0.1, 0.15) is 11.5 Å². The van der Waals surface area contributed by atoms with Crippen molar-refractivity contribution in [1.29, 1.82) is 0 Å². The van der Waals surface area contributed by atoms with Crippen LogP contribution in [0, 0.1) is 13.5 Å². The van der Waals surface area contributed by atoms with Crippen LogP contribution in [0.5, 0.6) is 0 Å². The Balaban J connectivity index is 2.25. The van der Waals surface area contributed by atoms with Crippen LogP contribution in [0.15, 0.2) is 28.7 Å². The summed E-state index contributed by atoms with van der Waals surface area (Å²) in [7, 11) is 1.54. The molecule has 1 heterocycles. The molecule has 0 saturated carbocycles. The van der Waals surface area contributed by atoms with Gasteiger partial charge < -0.3 is 9.15 Å². The number of methoxy groups -OCH3 is 1. The molecule has 0 atom stereocenters. The lowest BCUT2D eigenvalue weighted by atomic mass is 10.1. The van der Waals surface area contributed by atoms with E-state index in [4.69, 9.17) is 9.15 Å². The minimum absolute atomic E-state index is 0.369. The highest BCUT2D eigenvalue weighted by molar-refractivity contribution is 5.52. The summed E-state index contributed by atoms with van der Waals surface area (Å²) in [5.41, 5.74) is 2.10. The number of benzene rings is 1. The van der Waals surface area contributed by atoms with Crippen molar-refractivity contribution in [2.45, 2.75) is 6.92 Å². The average molecular weight is 203 g/mol. The maximum absolute atomic E-state index is 5.35. The van der Waals surface area contributed by atoms with Crippen LogP contribution in [-0.2, 0) is 4.74 Å². The SMILES string of the molecule is CO[CH]c1nnc(-c2ccc(C)cc2)o1. The Morgan fingerprint density at radius 3 is 2.60 bits per heavy atom. The molecular weight excluding hydrogens is 192 g/mol. The Morgan fingerprint density at radius 2 is 1.93 bits per heavy atom. The van der Waals surface area contributed by atoms with Crippen molar-refractivity contribution in [3.05, 3.63) is 42.3 Å². The lowest BCUT2D eigenvalue weighted by Gasteiger charge is -1.94. The Morgan fingerprint density at radius 1 is 1.20 bits per heavy atom. The van der Waals surface area contributed by atoms with Gasteiger partial charge in [-0.2, -0.15) is 0 Å². The molecule has 0 amide bonds. The van der Waals surface area contributed by atoms with E-state index in [0.29, 0.717) is 11.8 Å². The molecule has 4 nitrogen and oxygen atoms in total. The van der Waals surface area contributed by atoms with E-state index in [2.05, 4.69) is 10.2 Å². The zero-order valence-corrected chi connectivity index (χ0v) is 8.60. The molecule has 4 heteroatoms. The molecular formula is C11H11N2O2. The summed E-state index contributed by atoms with van der Waals surface area (Å²) in [5.74, 6) is 0.867. The van der Waals surface area contributed by atoms with Crippen molar-refractivity contribution in [2.75, 3.05) is 7.11 Å². The number of aromatic nitrogens is 2. The minimum atomic E-state index is 0.369. The molecule has 0 unspecified atom stereocenters. The number of hydrogen-bond donors (Lipinski definition) is 0. The third kappa shape index (κ3) is 2.22. The van der Waals surface area contributed by atoms with E-state index in [1.165, 1.54) is 19.3 Å². The average Bonchev–Trinajstić information content (AvgIpc) is 2.68. The van der Waals surface area contributed by atoms with Gasteiger partial charge in [-0.3, -0.25) is 0 Å². The van der Waals surface area contributed by atoms with Gasteiger partial charge >= 0.3 is 0 Å². The molecule has 0 aliphatic heterocycles. The Kier molecular flexibility index (Phi) is 2.78.